The van der Waals surface area contributed by atoms with Gasteiger partial charge in [0.2, 0.25) is 0 Å². The van der Waals surface area contributed by atoms with Crippen molar-refractivity contribution in [3.8, 4) is 50.9 Å². The second-order valence-corrected chi connectivity index (χ2v) is 11.4. The molecule has 0 amide bonds. The van der Waals surface area contributed by atoms with E-state index < -0.39 is 0 Å². The quantitative estimate of drug-likeness (QED) is 0.201. The first kappa shape index (κ1) is 26.2. The van der Waals surface area contributed by atoms with E-state index in [0.29, 0.717) is 11.6 Å². The van der Waals surface area contributed by atoms with E-state index in [4.69, 9.17) is 14.4 Å². The zero-order valence-electron chi connectivity index (χ0n) is 24.8. The molecule has 0 aliphatic carbocycles. The highest BCUT2D eigenvalue weighted by Gasteiger charge is 2.19. The zero-order chi connectivity index (χ0) is 30.5. The number of hydrogen-bond donors (Lipinski definition) is 0. The highest BCUT2D eigenvalue weighted by Crippen LogP contribution is 2.37. The molecule has 0 saturated carbocycles. The molecular weight excluding hydrogens is 562 g/mol. The lowest BCUT2D eigenvalue weighted by molar-refractivity contribution is 0.628. The Morgan fingerprint density at radius 2 is 1.04 bits per heavy atom. The molecule has 0 aliphatic heterocycles. The number of furan rings is 1. The molecular formula is C42H27N3O. The molecule has 4 nitrogen and oxygen atoms in total. The van der Waals surface area contributed by atoms with Gasteiger partial charge in [-0.05, 0) is 53.6 Å². The Bertz CT molecular complexity index is 2440. The van der Waals surface area contributed by atoms with Crippen molar-refractivity contribution in [2.24, 2.45) is 0 Å². The van der Waals surface area contributed by atoms with E-state index in [1.165, 1.54) is 16.3 Å². The van der Waals surface area contributed by atoms with Gasteiger partial charge in [-0.1, -0.05) is 121 Å². The average molecular weight is 590 g/mol. The molecule has 0 bridgehead atoms. The minimum absolute atomic E-state index is 0.637. The van der Waals surface area contributed by atoms with Crippen molar-refractivity contribution in [1.82, 2.24) is 14.5 Å². The molecule has 46 heavy (non-hydrogen) atoms. The molecule has 3 heterocycles. The van der Waals surface area contributed by atoms with Crippen LogP contribution in [0.25, 0.3) is 83.7 Å². The van der Waals surface area contributed by atoms with Gasteiger partial charge in [-0.15, -0.1) is 0 Å². The number of benzene rings is 6. The molecule has 0 aliphatic rings. The number of aromatic nitrogens is 3. The van der Waals surface area contributed by atoms with Crippen LogP contribution in [0.3, 0.4) is 0 Å². The summed E-state index contributed by atoms with van der Waals surface area (Å²) in [5.74, 6) is 1.35. The van der Waals surface area contributed by atoms with E-state index in [-0.39, 0.29) is 0 Å². The van der Waals surface area contributed by atoms with E-state index in [9.17, 15) is 0 Å². The van der Waals surface area contributed by atoms with E-state index >= 15 is 0 Å². The number of nitrogens with zero attached hydrogens (tertiary/aromatic N) is 3. The second kappa shape index (κ2) is 10.7. The van der Waals surface area contributed by atoms with Crippen LogP contribution in [-0.2, 0) is 0 Å². The Morgan fingerprint density at radius 1 is 0.457 bits per heavy atom. The maximum absolute atomic E-state index is 6.34. The largest absolute Gasteiger partial charge is 0.454 e. The third kappa shape index (κ3) is 4.39. The summed E-state index contributed by atoms with van der Waals surface area (Å²) in [5, 5.41) is 3.46. The standard InChI is InChI=1S/C42H27N3O/c1-2-12-28(13-3-1)29-22-24-30(25-23-29)35-27-36(41-26-31-14-4-11-21-40(31)46-41)44-42(43-35)34-17-7-10-20-39(34)45-37-18-8-5-15-32(37)33-16-6-9-19-38(33)45/h1-27H. The van der Waals surface area contributed by atoms with Crippen molar-refractivity contribution in [2.45, 2.75) is 0 Å². The second-order valence-electron chi connectivity index (χ2n) is 11.4. The Morgan fingerprint density at radius 3 is 1.80 bits per heavy atom. The first-order chi connectivity index (χ1) is 22.8. The summed E-state index contributed by atoms with van der Waals surface area (Å²) in [5.41, 5.74) is 9.99. The summed E-state index contributed by atoms with van der Waals surface area (Å²) in [6, 6.07) is 56.7. The molecule has 0 radical (unpaired) electrons. The molecule has 0 fully saturated rings. The highest BCUT2D eigenvalue weighted by atomic mass is 16.3. The summed E-state index contributed by atoms with van der Waals surface area (Å²) in [6.45, 7) is 0. The number of hydrogen-bond acceptors (Lipinski definition) is 3. The van der Waals surface area contributed by atoms with E-state index in [0.717, 1.165) is 55.8 Å². The molecule has 0 N–H and O–H groups in total. The minimum Gasteiger partial charge on any atom is -0.454 e. The van der Waals surface area contributed by atoms with Gasteiger partial charge in [0.05, 0.1) is 22.4 Å². The number of rotatable bonds is 5. The lowest BCUT2D eigenvalue weighted by atomic mass is 10.0. The first-order valence-corrected chi connectivity index (χ1v) is 15.4. The smallest absolute Gasteiger partial charge is 0.162 e. The van der Waals surface area contributed by atoms with Gasteiger partial charge in [0.15, 0.2) is 11.6 Å². The predicted molar refractivity (Wildman–Crippen MR) is 188 cm³/mol. The Hall–Kier alpha value is -6.26. The van der Waals surface area contributed by atoms with Crippen molar-refractivity contribution >= 4 is 32.8 Å². The van der Waals surface area contributed by atoms with Gasteiger partial charge in [-0.25, -0.2) is 9.97 Å². The molecule has 3 aromatic heterocycles. The van der Waals surface area contributed by atoms with Crippen LogP contribution in [0.5, 0.6) is 0 Å². The van der Waals surface area contributed by atoms with Gasteiger partial charge in [-0.3, -0.25) is 0 Å². The molecule has 0 spiro atoms. The van der Waals surface area contributed by atoms with Crippen LogP contribution in [0, 0.1) is 0 Å². The Labute approximate surface area is 265 Å². The minimum atomic E-state index is 0.637. The molecule has 9 rings (SSSR count). The molecule has 0 atom stereocenters. The monoisotopic (exact) mass is 589 g/mol. The van der Waals surface area contributed by atoms with Crippen LogP contribution in [0.2, 0.25) is 0 Å². The fraction of sp³-hybridized carbons (Fsp3) is 0. The summed E-state index contributed by atoms with van der Waals surface area (Å²) in [4.78, 5) is 10.4. The van der Waals surface area contributed by atoms with Crippen LogP contribution < -0.4 is 0 Å². The van der Waals surface area contributed by atoms with Crippen LogP contribution in [0.1, 0.15) is 0 Å². The van der Waals surface area contributed by atoms with Crippen molar-refractivity contribution in [3.05, 3.63) is 164 Å². The summed E-state index contributed by atoms with van der Waals surface area (Å²) < 4.78 is 8.66. The highest BCUT2D eigenvalue weighted by molar-refractivity contribution is 6.09. The zero-order valence-corrected chi connectivity index (χ0v) is 24.8. The van der Waals surface area contributed by atoms with Crippen molar-refractivity contribution in [3.63, 3.8) is 0 Å². The van der Waals surface area contributed by atoms with Crippen LogP contribution in [-0.4, -0.2) is 14.5 Å². The third-order valence-electron chi connectivity index (χ3n) is 8.66. The molecule has 0 unspecified atom stereocenters. The molecule has 4 heteroatoms. The normalized spacial score (nSPS) is 11.5. The van der Waals surface area contributed by atoms with E-state index in [2.05, 4.69) is 138 Å². The third-order valence-corrected chi connectivity index (χ3v) is 8.66. The van der Waals surface area contributed by atoms with E-state index in [1.807, 2.05) is 30.3 Å². The molecule has 6 aromatic carbocycles. The number of fused-ring (bicyclic) bond motifs is 4. The van der Waals surface area contributed by atoms with Crippen LogP contribution in [0.4, 0.5) is 0 Å². The maximum atomic E-state index is 6.34. The van der Waals surface area contributed by atoms with Gasteiger partial charge in [-0.2, -0.15) is 0 Å². The fourth-order valence-electron chi connectivity index (χ4n) is 6.45. The van der Waals surface area contributed by atoms with Crippen LogP contribution in [0.15, 0.2) is 168 Å². The van der Waals surface area contributed by atoms with Gasteiger partial charge in [0, 0.05) is 27.3 Å². The fourth-order valence-corrected chi connectivity index (χ4v) is 6.45. The predicted octanol–water partition coefficient (Wildman–Crippen LogP) is 11.0. The molecule has 0 saturated heterocycles. The molecule has 216 valence electrons. The molecule has 9 aromatic rings. The SMILES string of the molecule is c1ccc(-c2ccc(-c3cc(-c4cc5ccccc5o4)nc(-c4ccccc4-n4c5ccccc5c5ccccc54)n3)cc2)cc1. The first-order valence-electron chi connectivity index (χ1n) is 15.4. The maximum Gasteiger partial charge on any atom is 0.162 e. The van der Waals surface area contributed by atoms with Crippen molar-refractivity contribution in [2.75, 3.05) is 0 Å². The topological polar surface area (TPSA) is 43.9 Å². The summed E-state index contributed by atoms with van der Waals surface area (Å²) in [7, 11) is 0. The van der Waals surface area contributed by atoms with Crippen molar-refractivity contribution in [1.29, 1.82) is 0 Å². The van der Waals surface area contributed by atoms with Gasteiger partial charge in [0.1, 0.15) is 11.3 Å². The van der Waals surface area contributed by atoms with E-state index in [1.54, 1.807) is 0 Å². The van der Waals surface area contributed by atoms with Crippen molar-refractivity contribution < 1.29 is 4.42 Å². The number of para-hydroxylation sites is 4. The Kier molecular flexibility index (Phi) is 6.10. The van der Waals surface area contributed by atoms with Crippen LogP contribution >= 0.6 is 0 Å². The lowest BCUT2D eigenvalue weighted by Gasteiger charge is -2.14. The van der Waals surface area contributed by atoms with Gasteiger partial charge < -0.3 is 8.98 Å². The lowest BCUT2D eigenvalue weighted by Crippen LogP contribution is -2.01. The summed E-state index contributed by atoms with van der Waals surface area (Å²) in [6.07, 6.45) is 0. The van der Waals surface area contributed by atoms with Gasteiger partial charge >= 0.3 is 0 Å². The Balaban J connectivity index is 1.26. The summed E-state index contributed by atoms with van der Waals surface area (Å²) >= 11 is 0. The average Bonchev–Trinajstić information content (AvgIpc) is 3.72. The van der Waals surface area contributed by atoms with Gasteiger partial charge in [0.25, 0.3) is 0 Å².